The topological polar surface area (TPSA) is 66.5 Å². The van der Waals surface area contributed by atoms with Gasteiger partial charge in [0.05, 0.1) is 5.92 Å². The van der Waals surface area contributed by atoms with Gasteiger partial charge in [-0.1, -0.05) is 20.8 Å². The van der Waals surface area contributed by atoms with Gasteiger partial charge in [-0.25, -0.2) is 8.42 Å². The van der Waals surface area contributed by atoms with Crippen LogP contribution in [-0.2, 0) is 20.2 Å². The molecule has 0 radical (unpaired) electrons. The van der Waals surface area contributed by atoms with E-state index < -0.39 is 10.0 Å². The Morgan fingerprint density at radius 2 is 2.05 bits per heavy atom. The number of thiophene rings is 1. The van der Waals surface area contributed by atoms with Crippen LogP contribution in [0.25, 0.3) is 0 Å². The van der Waals surface area contributed by atoms with Gasteiger partial charge in [-0.05, 0) is 24.0 Å². The Morgan fingerprint density at radius 1 is 1.38 bits per heavy atom. The molecule has 1 saturated heterocycles. The molecule has 1 fully saturated rings. The molecule has 1 aromatic rings. The molecule has 1 amide bonds. The second-order valence-electron chi connectivity index (χ2n) is 6.33. The van der Waals surface area contributed by atoms with Crippen molar-refractivity contribution in [3.63, 3.8) is 0 Å². The fourth-order valence-corrected chi connectivity index (χ4v) is 5.37. The third-order valence-electron chi connectivity index (χ3n) is 3.68. The van der Waals surface area contributed by atoms with Gasteiger partial charge in [0.25, 0.3) is 10.0 Å². The van der Waals surface area contributed by atoms with E-state index in [1.165, 1.54) is 15.6 Å². The molecule has 0 saturated carbocycles. The van der Waals surface area contributed by atoms with Gasteiger partial charge in [0, 0.05) is 25.0 Å². The van der Waals surface area contributed by atoms with Gasteiger partial charge in [0.15, 0.2) is 0 Å². The zero-order valence-corrected chi connectivity index (χ0v) is 14.5. The Balaban J connectivity index is 2.20. The summed E-state index contributed by atoms with van der Waals surface area (Å²) >= 11 is 1.32. The minimum absolute atomic E-state index is 0.0614. The average Bonchev–Trinajstić information content (AvgIpc) is 3.06. The molecule has 7 heteroatoms. The normalized spacial score (nSPS) is 20.7. The molecule has 1 aliphatic rings. The quantitative estimate of drug-likeness (QED) is 0.919. The van der Waals surface area contributed by atoms with Gasteiger partial charge in [-0.3, -0.25) is 4.79 Å². The maximum Gasteiger partial charge on any atom is 0.252 e. The van der Waals surface area contributed by atoms with Crippen molar-refractivity contribution in [2.45, 2.75) is 36.8 Å². The summed E-state index contributed by atoms with van der Waals surface area (Å²) in [6.45, 7) is 6.86. The molecular weight excluding hydrogens is 308 g/mol. The van der Waals surface area contributed by atoms with Crippen LogP contribution >= 0.6 is 11.3 Å². The summed E-state index contributed by atoms with van der Waals surface area (Å²) in [5.74, 6) is -0.332. The van der Waals surface area contributed by atoms with Crippen LogP contribution < -0.4 is 5.32 Å². The second-order valence-corrected chi connectivity index (χ2v) is 9.58. The fraction of sp³-hybridized carbons (Fsp3) is 0.643. The van der Waals surface area contributed by atoms with E-state index in [0.717, 1.165) is 4.88 Å². The number of amides is 1. The van der Waals surface area contributed by atoms with Crippen LogP contribution in [0.15, 0.2) is 16.3 Å². The van der Waals surface area contributed by atoms with Gasteiger partial charge < -0.3 is 5.32 Å². The number of nitrogens with one attached hydrogen (secondary N) is 1. The number of hydrogen-bond acceptors (Lipinski definition) is 4. The highest BCUT2D eigenvalue weighted by Crippen LogP contribution is 2.34. The number of carbonyl (C=O) groups excluding carboxylic acids is 1. The van der Waals surface area contributed by atoms with Crippen LogP contribution in [0.1, 0.15) is 32.1 Å². The largest absolute Gasteiger partial charge is 0.359 e. The minimum Gasteiger partial charge on any atom is -0.359 e. The second kappa shape index (κ2) is 5.70. The highest BCUT2D eigenvalue weighted by molar-refractivity contribution is 7.91. The lowest BCUT2D eigenvalue weighted by Crippen LogP contribution is -2.32. The monoisotopic (exact) mass is 330 g/mol. The van der Waals surface area contributed by atoms with E-state index in [2.05, 4.69) is 26.1 Å². The molecule has 1 atom stereocenters. The number of sulfonamides is 1. The minimum atomic E-state index is -3.48. The Morgan fingerprint density at radius 3 is 2.57 bits per heavy atom. The first-order valence-electron chi connectivity index (χ1n) is 6.98. The lowest BCUT2D eigenvalue weighted by Gasteiger charge is -2.17. The van der Waals surface area contributed by atoms with Crippen molar-refractivity contribution in [2.75, 3.05) is 20.1 Å². The van der Waals surface area contributed by atoms with Crippen molar-refractivity contribution < 1.29 is 13.2 Å². The first-order valence-corrected chi connectivity index (χ1v) is 9.24. The van der Waals surface area contributed by atoms with Gasteiger partial charge >= 0.3 is 0 Å². The summed E-state index contributed by atoms with van der Waals surface area (Å²) in [6.07, 6.45) is 0.580. The van der Waals surface area contributed by atoms with E-state index in [0.29, 0.717) is 17.2 Å². The van der Waals surface area contributed by atoms with Crippen molar-refractivity contribution >= 4 is 27.3 Å². The third-order valence-corrected chi connectivity index (χ3v) is 7.53. The van der Waals surface area contributed by atoms with Crippen LogP contribution in [0.3, 0.4) is 0 Å². The highest BCUT2D eigenvalue weighted by atomic mass is 32.2. The molecule has 1 aliphatic heterocycles. The number of hydrogen-bond donors (Lipinski definition) is 1. The maximum atomic E-state index is 12.6. The predicted octanol–water partition coefficient (Wildman–Crippen LogP) is 1.80. The van der Waals surface area contributed by atoms with Crippen LogP contribution in [0.2, 0.25) is 0 Å². The van der Waals surface area contributed by atoms with E-state index in [1.807, 2.05) is 6.07 Å². The lowest BCUT2D eigenvalue weighted by atomic mass is 9.95. The van der Waals surface area contributed by atoms with Crippen molar-refractivity contribution in [3.8, 4) is 0 Å². The molecule has 2 rings (SSSR count). The maximum absolute atomic E-state index is 12.6. The van der Waals surface area contributed by atoms with Crippen molar-refractivity contribution in [2.24, 2.45) is 5.92 Å². The zero-order valence-electron chi connectivity index (χ0n) is 12.8. The molecule has 0 bridgehead atoms. The molecule has 1 aromatic heterocycles. The van der Waals surface area contributed by atoms with Crippen LogP contribution in [0.5, 0.6) is 0 Å². The SMILES string of the molecule is CNC(=O)C1CCN(S(=O)(=O)c2ccc(C(C)(C)C)s2)C1. The summed E-state index contributed by atoms with van der Waals surface area (Å²) in [5, 5.41) is 2.58. The number of nitrogens with zero attached hydrogens (tertiary/aromatic N) is 1. The van der Waals surface area contributed by atoms with E-state index in [9.17, 15) is 13.2 Å². The molecule has 2 heterocycles. The summed E-state index contributed by atoms with van der Waals surface area (Å²) in [4.78, 5) is 12.7. The van der Waals surface area contributed by atoms with E-state index >= 15 is 0 Å². The fourth-order valence-electron chi connectivity index (χ4n) is 2.35. The molecule has 1 N–H and O–H groups in total. The van der Waals surface area contributed by atoms with Crippen LogP contribution in [0.4, 0.5) is 0 Å². The lowest BCUT2D eigenvalue weighted by molar-refractivity contribution is -0.123. The van der Waals surface area contributed by atoms with Crippen LogP contribution in [0, 0.1) is 5.92 Å². The molecule has 21 heavy (non-hydrogen) atoms. The van der Waals surface area contributed by atoms with Gasteiger partial charge in [0.1, 0.15) is 4.21 Å². The Bertz CT molecular complexity index is 629. The third kappa shape index (κ3) is 3.30. The number of carbonyl (C=O) groups is 1. The molecular formula is C14H22N2O3S2. The van der Waals surface area contributed by atoms with Crippen molar-refractivity contribution in [1.29, 1.82) is 0 Å². The van der Waals surface area contributed by atoms with E-state index in [-0.39, 0.29) is 23.8 Å². The first kappa shape index (κ1) is 16.5. The molecule has 1 unspecified atom stereocenters. The van der Waals surface area contributed by atoms with Crippen LogP contribution in [-0.4, -0.2) is 38.8 Å². The van der Waals surface area contributed by atoms with E-state index in [1.54, 1.807) is 13.1 Å². The molecule has 5 nitrogen and oxygen atoms in total. The Labute approximate surface area is 130 Å². The van der Waals surface area contributed by atoms with Crippen molar-refractivity contribution in [3.05, 3.63) is 17.0 Å². The molecule has 0 aromatic carbocycles. The van der Waals surface area contributed by atoms with Gasteiger partial charge in [-0.2, -0.15) is 4.31 Å². The smallest absolute Gasteiger partial charge is 0.252 e. The highest BCUT2D eigenvalue weighted by Gasteiger charge is 2.36. The molecule has 118 valence electrons. The summed E-state index contributed by atoms with van der Waals surface area (Å²) in [7, 11) is -1.90. The standard InChI is InChI=1S/C14H22N2O3S2/c1-14(2,3)11-5-6-12(20-11)21(18,19)16-8-7-10(9-16)13(17)15-4/h5-6,10H,7-9H2,1-4H3,(H,15,17). The van der Waals surface area contributed by atoms with Crippen molar-refractivity contribution in [1.82, 2.24) is 9.62 Å². The summed E-state index contributed by atoms with van der Waals surface area (Å²) in [5.41, 5.74) is -0.0614. The first-order chi connectivity index (χ1) is 9.66. The predicted molar refractivity (Wildman–Crippen MR) is 84.0 cm³/mol. The molecule has 0 spiro atoms. The van der Waals surface area contributed by atoms with Gasteiger partial charge in [0.2, 0.25) is 5.91 Å². The zero-order chi connectivity index (χ0) is 15.8. The summed E-state index contributed by atoms with van der Waals surface area (Å²) < 4.78 is 27.1. The Hall–Kier alpha value is -0.920. The molecule has 0 aliphatic carbocycles. The number of rotatable bonds is 3. The Kier molecular flexibility index (Phi) is 4.46. The summed E-state index contributed by atoms with van der Waals surface area (Å²) in [6, 6.07) is 3.55. The van der Waals surface area contributed by atoms with E-state index in [4.69, 9.17) is 0 Å². The van der Waals surface area contributed by atoms with Gasteiger partial charge in [-0.15, -0.1) is 11.3 Å². The average molecular weight is 330 g/mol.